The number of hydrogen-bond acceptors (Lipinski definition) is 3. The van der Waals surface area contributed by atoms with Crippen LogP contribution in [0.3, 0.4) is 0 Å². The zero-order valence-corrected chi connectivity index (χ0v) is 12.0. The summed E-state index contributed by atoms with van der Waals surface area (Å²) in [4.78, 5) is 0. The van der Waals surface area contributed by atoms with Crippen molar-refractivity contribution in [2.45, 2.75) is 20.4 Å². The molecule has 0 aliphatic heterocycles. The average Bonchev–Trinajstić information content (AvgIpc) is 2.88. The number of ether oxygens (including phenoxy) is 1. The second kappa shape index (κ2) is 6.64. The topological polar surface area (TPSA) is 34.4 Å². The molecule has 0 atom stereocenters. The fourth-order valence-electron chi connectivity index (χ4n) is 1.86. The van der Waals surface area contributed by atoms with Crippen molar-refractivity contribution in [2.24, 2.45) is 0 Å². The number of furan rings is 1. The molecule has 0 amide bonds. The highest BCUT2D eigenvalue weighted by molar-refractivity contribution is 6.32. The van der Waals surface area contributed by atoms with Gasteiger partial charge in [0, 0.05) is 23.7 Å². The maximum atomic E-state index is 6.11. The lowest BCUT2D eigenvalue weighted by Gasteiger charge is -2.10. The summed E-state index contributed by atoms with van der Waals surface area (Å²) in [5.41, 5.74) is 3.23. The summed E-state index contributed by atoms with van der Waals surface area (Å²) in [5.74, 6) is 0.865. The van der Waals surface area contributed by atoms with E-state index in [9.17, 15) is 0 Å². The van der Waals surface area contributed by atoms with Gasteiger partial charge >= 0.3 is 0 Å². The van der Waals surface area contributed by atoms with Crippen LogP contribution in [0.4, 0.5) is 0 Å². The summed E-state index contributed by atoms with van der Waals surface area (Å²) in [6.45, 7) is 6.17. The van der Waals surface area contributed by atoms with Gasteiger partial charge in [0.05, 0.1) is 12.5 Å². The van der Waals surface area contributed by atoms with Crippen LogP contribution in [0.15, 0.2) is 35.1 Å². The first-order chi connectivity index (χ1) is 9.16. The number of halogens is 1. The summed E-state index contributed by atoms with van der Waals surface area (Å²) >= 11 is 6.11. The van der Waals surface area contributed by atoms with Crippen LogP contribution in [-0.2, 0) is 6.54 Å². The van der Waals surface area contributed by atoms with Gasteiger partial charge in [0.25, 0.3) is 0 Å². The van der Waals surface area contributed by atoms with Gasteiger partial charge in [-0.05, 0) is 43.2 Å². The van der Waals surface area contributed by atoms with E-state index in [0.29, 0.717) is 6.61 Å². The Balaban J connectivity index is 1.74. The highest BCUT2D eigenvalue weighted by Crippen LogP contribution is 2.25. The fourth-order valence-corrected chi connectivity index (χ4v) is 1.97. The van der Waals surface area contributed by atoms with Crippen molar-refractivity contribution in [3.05, 3.63) is 52.4 Å². The molecule has 0 spiro atoms. The van der Waals surface area contributed by atoms with Crippen LogP contribution >= 0.6 is 11.6 Å². The standard InChI is InChI=1S/C15H18ClNO2/c1-11-7-14(8-12(2)15(11)16)19-6-4-17-9-13-3-5-18-10-13/h3,5,7-8,10,17H,4,6,9H2,1-2H3. The lowest BCUT2D eigenvalue weighted by Crippen LogP contribution is -2.20. The SMILES string of the molecule is Cc1cc(OCCNCc2ccoc2)cc(C)c1Cl. The summed E-state index contributed by atoms with van der Waals surface area (Å²) in [5, 5.41) is 4.10. The quantitative estimate of drug-likeness (QED) is 0.819. The molecule has 0 saturated heterocycles. The minimum Gasteiger partial charge on any atom is -0.492 e. The van der Waals surface area contributed by atoms with E-state index >= 15 is 0 Å². The van der Waals surface area contributed by atoms with Gasteiger partial charge in [-0.3, -0.25) is 0 Å². The predicted octanol–water partition coefficient (Wildman–Crippen LogP) is 3.72. The van der Waals surface area contributed by atoms with Crippen molar-refractivity contribution in [3.63, 3.8) is 0 Å². The Kier molecular flexibility index (Phi) is 4.88. The van der Waals surface area contributed by atoms with Gasteiger partial charge < -0.3 is 14.5 Å². The first-order valence-electron chi connectivity index (χ1n) is 6.28. The van der Waals surface area contributed by atoms with Gasteiger partial charge in [-0.2, -0.15) is 0 Å². The van der Waals surface area contributed by atoms with Gasteiger partial charge in [0.2, 0.25) is 0 Å². The van der Waals surface area contributed by atoms with E-state index in [1.165, 1.54) is 0 Å². The Hall–Kier alpha value is -1.45. The molecular weight excluding hydrogens is 262 g/mol. The Labute approximate surface area is 118 Å². The van der Waals surface area contributed by atoms with E-state index in [2.05, 4.69) is 5.32 Å². The van der Waals surface area contributed by atoms with Crippen LogP contribution in [-0.4, -0.2) is 13.2 Å². The third kappa shape index (κ3) is 4.01. The van der Waals surface area contributed by atoms with E-state index in [0.717, 1.165) is 40.6 Å². The van der Waals surface area contributed by atoms with Crippen LogP contribution in [0, 0.1) is 13.8 Å². The molecule has 4 heteroatoms. The van der Waals surface area contributed by atoms with Crippen LogP contribution in [0.1, 0.15) is 16.7 Å². The van der Waals surface area contributed by atoms with Crippen molar-refractivity contribution >= 4 is 11.6 Å². The van der Waals surface area contributed by atoms with Crippen molar-refractivity contribution in [1.29, 1.82) is 0 Å². The molecule has 1 N–H and O–H groups in total. The normalized spacial score (nSPS) is 10.7. The van der Waals surface area contributed by atoms with Crippen molar-refractivity contribution in [2.75, 3.05) is 13.2 Å². The van der Waals surface area contributed by atoms with Crippen molar-refractivity contribution < 1.29 is 9.15 Å². The lowest BCUT2D eigenvalue weighted by atomic mass is 10.1. The molecule has 2 aromatic rings. The predicted molar refractivity (Wildman–Crippen MR) is 76.8 cm³/mol. The number of hydrogen-bond donors (Lipinski definition) is 1. The summed E-state index contributed by atoms with van der Waals surface area (Å²) in [6, 6.07) is 5.87. The highest BCUT2D eigenvalue weighted by atomic mass is 35.5. The summed E-state index contributed by atoms with van der Waals surface area (Å²) in [6.07, 6.45) is 3.41. The van der Waals surface area contributed by atoms with Crippen LogP contribution in [0.25, 0.3) is 0 Å². The Morgan fingerprint density at radius 3 is 2.63 bits per heavy atom. The van der Waals surface area contributed by atoms with Crippen LogP contribution in [0.2, 0.25) is 5.02 Å². The van der Waals surface area contributed by atoms with E-state index in [1.54, 1.807) is 12.5 Å². The molecule has 0 radical (unpaired) electrons. The Morgan fingerprint density at radius 2 is 2.00 bits per heavy atom. The minimum absolute atomic E-state index is 0.623. The zero-order chi connectivity index (χ0) is 13.7. The highest BCUT2D eigenvalue weighted by Gasteiger charge is 2.03. The molecular formula is C15H18ClNO2. The van der Waals surface area contributed by atoms with Crippen LogP contribution < -0.4 is 10.1 Å². The molecule has 1 heterocycles. The first kappa shape index (κ1) is 14.0. The molecule has 1 aromatic heterocycles. The fraction of sp³-hybridized carbons (Fsp3) is 0.333. The molecule has 0 aliphatic rings. The largest absolute Gasteiger partial charge is 0.492 e. The summed E-state index contributed by atoms with van der Waals surface area (Å²) in [7, 11) is 0. The molecule has 0 unspecified atom stereocenters. The Bertz CT molecular complexity index is 500. The molecule has 2 rings (SSSR count). The number of benzene rings is 1. The van der Waals surface area contributed by atoms with E-state index in [1.807, 2.05) is 32.0 Å². The van der Waals surface area contributed by atoms with E-state index < -0.39 is 0 Å². The molecule has 0 bridgehead atoms. The Morgan fingerprint density at radius 1 is 1.26 bits per heavy atom. The molecule has 1 aromatic carbocycles. The van der Waals surface area contributed by atoms with Gasteiger partial charge in [0.15, 0.2) is 0 Å². The third-order valence-corrected chi connectivity index (χ3v) is 3.46. The van der Waals surface area contributed by atoms with Gasteiger partial charge in [-0.25, -0.2) is 0 Å². The zero-order valence-electron chi connectivity index (χ0n) is 11.2. The van der Waals surface area contributed by atoms with Gasteiger partial charge in [-0.15, -0.1) is 0 Å². The van der Waals surface area contributed by atoms with Crippen LogP contribution in [0.5, 0.6) is 5.75 Å². The molecule has 0 saturated carbocycles. The van der Waals surface area contributed by atoms with Crippen molar-refractivity contribution in [3.8, 4) is 5.75 Å². The smallest absolute Gasteiger partial charge is 0.119 e. The molecule has 3 nitrogen and oxygen atoms in total. The number of rotatable bonds is 6. The maximum Gasteiger partial charge on any atom is 0.119 e. The third-order valence-electron chi connectivity index (χ3n) is 2.87. The maximum absolute atomic E-state index is 6.11. The molecule has 19 heavy (non-hydrogen) atoms. The lowest BCUT2D eigenvalue weighted by molar-refractivity contribution is 0.313. The summed E-state index contributed by atoms with van der Waals surface area (Å²) < 4.78 is 10.7. The number of aryl methyl sites for hydroxylation is 2. The molecule has 0 fully saturated rings. The van der Waals surface area contributed by atoms with Gasteiger partial charge in [0.1, 0.15) is 12.4 Å². The van der Waals surface area contributed by atoms with Gasteiger partial charge in [-0.1, -0.05) is 11.6 Å². The second-order valence-corrected chi connectivity index (χ2v) is 4.91. The monoisotopic (exact) mass is 279 g/mol. The molecule has 0 aliphatic carbocycles. The average molecular weight is 280 g/mol. The van der Waals surface area contributed by atoms with Crippen molar-refractivity contribution in [1.82, 2.24) is 5.32 Å². The van der Waals surface area contributed by atoms with E-state index in [4.69, 9.17) is 20.8 Å². The van der Waals surface area contributed by atoms with E-state index in [-0.39, 0.29) is 0 Å². The second-order valence-electron chi connectivity index (χ2n) is 4.53. The minimum atomic E-state index is 0.623. The first-order valence-corrected chi connectivity index (χ1v) is 6.66. The number of nitrogens with one attached hydrogen (secondary N) is 1. The molecule has 102 valence electrons.